The molecule has 6 atom stereocenters. The van der Waals surface area contributed by atoms with Gasteiger partial charge in [-0.25, -0.2) is 0 Å². The summed E-state index contributed by atoms with van der Waals surface area (Å²) in [4.78, 5) is 12.1. The molecular weight excluding hydrogens is 346 g/mol. The van der Waals surface area contributed by atoms with E-state index in [0.717, 1.165) is 5.92 Å². The highest BCUT2D eigenvalue weighted by Crippen LogP contribution is 2.55. The molecule has 0 aromatic rings. The summed E-state index contributed by atoms with van der Waals surface area (Å²) in [5, 5.41) is 19.8. The van der Waals surface area contributed by atoms with Crippen molar-refractivity contribution in [1.29, 1.82) is 5.26 Å². The molecule has 3 saturated carbocycles. The molecule has 3 fully saturated rings. The molecule has 3 aliphatic rings. The first-order valence-electron chi connectivity index (χ1n) is 12.3. The number of hydrogen-bond acceptors (Lipinski definition) is 2. The van der Waals surface area contributed by atoms with Gasteiger partial charge in [-0.3, -0.25) is 4.79 Å². The highest BCUT2D eigenvalue weighted by atomic mass is 16.4. The second-order valence-corrected chi connectivity index (χ2v) is 10.1. The van der Waals surface area contributed by atoms with E-state index in [1.165, 1.54) is 89.9 Å². The summed E-state index contributed by atoms with van der Waals surface area (Å²) in [6, 6.07) is 2.55. The maximum Gasteiger partial charge on any atom is 0.306 e. The molecular formula is C25H41NO2. The van der Waals surface area contributed by atoms with Gasteiger partial charge >= 0.3 is 5.97 Å². The van der Waals surface area contributed by atoms with E-state index in [1.54, 1.807) is 0 Å². The number of unbranched alkanes of at least 4 members (excludes halogenated alkanes) is 4. The Kier molecular flexibility index (Phi) is 8.24. The van der Waals surface area contributed by atoms with Gasteiger partial charge in [0.05, 0.1) is 17.9 Å². The van der Waals surface area contributed by atoms with E-state index >= 15 is 0 Å². The van der Waals surface area contributed by atoms with Crippen molar-refractivity contribution in [3.05, 3.63) is 0 Å². The van der Waals surface area contributed by atoms with Crippen molar-refractivity contribution >= 4 is 5.97 Å². The maximum absolute atomic E-state index is 12.1. The lowest BCUT2D eigenvalue weighted by atomic mass is 9.52. The summed E-state index contributed by atoms with van der Waals surface area (Å²) in [6.45, 7) is 2.26. The summed E-state index contributed by atoms with van der Waals surface area (Å²) >= 11 is 0. The van der Waals surface area contributed by atoms with Gasteiger partial charge in [-0.15, -0.1) is 0 Å². The average Bonchev–Trinajstić information content (AvgIpc) is 2.72. The Morgan fingerprint density at radius 1 is 0.964 bits per heavy atom. The molecule has 3 rings (SSSR count). The van der Waals surface area contributed by atoms with E-state index < -0.39 is 5.97 Å². The molecule has 3 heteroatoms. The number of fused-ring (bicyclic) bond motifs is 1. The summed E-state index contributed by atoms with van der Waals surface area (Å²) in [7, 11) is 0. The van der Waals surface area contributed by atoms with Gasteiger partial charge < -0.3 is 5.11 Å². The minimum Gasteiger partial charge on any atom is -0.481 e. The van der Waals surface area contributed by atoms with Gasteiger partial charge in [-0.2, -0.15) is 5.26 Å². The summed E-state index contributed by atoms with van der Waals surface area (Å²) < 4.78 is 0. The molecule has 0 heterocycles. The van der Waals surface area contributed by atoms with Crippen molar-refractivity contribution in [1.82, 2.24) is 0 Å². The van der Waals surface area contributed by atoms with Crippen LogP contribution < -0.4 is 0 Å². The van der Waals surface area contributed by atoms with Gasteiger partial charge in [-0.1, -0.05) is 84.0 Å². The molecule has 0 saturated heterocycles. The minimum absolute atomic E-state index is 0.0335. The highest BCUT2D eigenvalue weighted by molar-refractivity contribution is 5.70. The number of carboxylic acid groups (broad SMARTS) is 1. The van der Waals surface area contributed by atoms with Crippen molar-refractivity contribution in [2.75, 3.05) is 0 Å². The van der Waals surface area contributed by atoms with E-state index in [4.69, 9.17) is 0 Å². The van der Waals surface area contributed by atoms with E-state index in [-0.39, 0.29) is 11.8 Å². The summed E-state index contributed by atoms with van der Waals surface area (Å²) in [6.07, 6.45) is 18.5. The van der Waals surface area contributed by atoms with Crippen LogP contribution in [0.5, 0.6) is 0 Å². The van der Waals surface area contributed by atoms with E-state index in [1.807, 2.05) is 0 Å². The van der Waals surface area contributed by atoms with E-state index in [0.29, 0.717) is 30.1 Å². The second-order valence-electron chi connectivity index (χ2n) is 10.1. The maximum atomic E-state index is 12.1. The van der Waals surface area contributed by atoms with Gasteiger partial charge in [0.2, 0.25) is 0 Å². The fourth-order valence-electron chi connectivity index (χ4n) is 7.07. The normalized spacial score (nSPS) is 36.4. The van der Waals surface area contributed by atoms with E-state index in [2.05, 4.69) is 13.0 Å². The topological polar surface area (TPSA) is 61.1 Å². The molecule has 0 radical (unpaired) electrons. The van der Waals surface area contributed by atoms with Crippen LogP contribution in [0.1, 0.15) is 103 Å². The monoisotopic (exact) mass is 387 g/mol. The summed E-state index contributed by atoms with van der Waals surface area (Å²) in [5.41, 5.74) is 0. The lowest BCUT2D eigenvalue weighted by Crippen LogP contribution is -2.48. The Labute approximate surface area is 172 Å². The SMILES string of the molecule is CCCCCCCC1CCC2C(C1)C(C#N)CC(C(=O)O)C2C1CCCCC1. The molecule has 3 aliphatic carbocycles. The van der Waals surface area contributed by atoms with Gasteiger partial charge in [0, 0.05) is 0 Å². The smallest absolute Gasteiger partial charge is 0.306 e. The van der Waals surface area contributed by atoms with Crippen molar-refractivity contribution in [2.24, 2.45) is 41.4 Å². The fraction of sp³-hybridized carbons (Fsp3) is 0.920. The zero-order valence-corrected chi connectivity index (χ0v) is 18.0. The van der Waals surface area contributed by atoms with E-state index in [9.17, 15) is 15.2 Å². The zero-order valence-electron chi connectivity index (χ0n) is 18.0. The van der Waals surface area contributed by atoms with Crippen LogP contribution in [0.3, 0.4) is 0 Å². The third-order valence-corrected chi connectivity index (χ3v) is 8.44. The molecule has 0 aliphatic heterocycles. The predicted octanol–water partition coefficient (Wildman–Crippen LogP) is 6.82. The second kappa shape index (κ2) is 10.7. The van der Waals surface area contributed by atoms with Crippen molar-refractivity contribution in [3.63, 3.8) is 0 Å². The average molecular weight is 388 g/mol. The number of carbonyl (C=O) groups is 1. The van der Waals surface area contributed by atoms with Crippen molar-refractivity contribution in [3.8, 4) is 6.07 Å². The molecule has 0 aromatic heterocycles. The molecule has 3 nitrogen and oxygen atoms in total. The first kappa shape index (κ1) is 21.7. The lowest BCUT2D eigenvalue weighted by Gasteiger charge is -2.51. The summed E-state index contributed by atoms with van der Waals surface area (Å²) in [5.74, 6) is 1.69. The minimum atomic E-state index is -0.632. The van der Waals surface area contributed by atoms with Crippen LogP contribution in [0.25, 0.3) is 0 Å². The van der Waals surface area contributed by atoms with Gasteiger partial charge in [0.15, 0.2) is 0 Å². The molecule has 158 valence electrons. The quantitative estimate of drug-likeness (QED) is 0.465. The molecule has 0 spiro atoms. The van der Waals surface area contributed by atoms with Crippen LogP contribution in [-0.4, -0.2) is 11.1 Å². The molecule has 1 N–H and O–H groups in total. The van der Waals surface area contributed by atoms with Crippen LogP contribution in [-0.2, 0) is 4.79 Å². The van der Waals surface area contributed by atoms with Crippen LogP contribution in [0, 0.1) is 52.8 Å². The molecule has 0 amide bonds. The standard InChI is InChI=1S/C25H41NO2/c1-2-3-4-5-7-10-18-13-14-21-22(15-18)20(17-26)16-23(25(27)28)24(21)19-11-8-6-9-12-19/h18-24H,2-16H2,1H3,(H,27,28). The molecule has 0 aromatic carbocycles. The third-order valence-electron chi connectivity index (χ3n) is 8.44. The fourth-order valence-corrected chi connectivity index (χ4v) is 7.07. The van der Waals surface area contributed by atoms with Gasteiger partial charge in [0.1, 0.15) is 0 Å². The van der Waals surface area contributed by atoms with Crippen molar-refractivity contribution < 1.29 is 9.90 Å². The lowest BCUT2D eigenvalue weighted by molar-refractivity contribution is -0.152. The Bertz CT molecular complexity index is 533. The van der Waals surface area contributed by atoms with Crippen LogP contribution in [0.2, 0.25) is 0 Å². The first-order valence-corrected chi connectivity index (χ1v) is 12.3. The molecule has 28 heavy (non-hydrogen) atoms. The largest absolute Gasteiger partial charge is 0.481 e. The number of nitriles is 1. The van der Waals surface area contributed by atoms with Crippen molar-refractivity contribution in [2.45, 2.75) is 103 Å². The Hall–Kier alpha value is -1.04. The van der Waals surface area contributed by atoms with Crippen LogP contribution in [0.15, 0.2) is 0 Å². The molecule has 0 bridgehead atoms. The third kappa shape index (κ3) is 5.11. The van der Waals surface area contributed by atoms with Gasteiger partial charge in [0.25, 0.3) is 0 Å². The Morgan fingerprint density at radius 2 is 1.71 bits per heavy atom. The first-order chi connectivity index (χ1) is 13.7. The number of carboxylic acids is 1. The number of aliphatic carboxylic acids is 1. The number of rotatable bonds is 8. The Morgan fingerprint density at radius 3 is 2.39 bits per heavy atom. The van der Waals surface area contributed by atoms with Crippen LogP contribution >= 0.6 is 0 Å². The number of nitrogens with zero attached hydrogens (tertiary/aromatic N) is 1. The number of hydrogen-bond donors (Lipinski definition) is 1. The Balaban J connectivity index is 1.66. The highest BCUT2D eigenvalue weighted by Gasteiger charge is 2.51. The van der Waals surface area contributed by atoms with Crippen LogP contribution in [0.4, 0.5) is 0 Å². The zero-order chi connectivity index (χ0) is 19.9. The molecule has 6 unspecified atom stereocenters. The predicted molar refractivity (Wildman–Crippen MR) is 113 cm³/mol. The van der Waals surface area contributed by atoms with Gasteiger partial charge in [-0.05, 0) is 48.9 Å².